The largest absolute Gasteiger partial charge is 0.389 e. The first-order valence-corrected chi connectivity index (χ1v) is 7.09. The summed E-state index contributed by atoms with van der Waals surface area (Å²) in [6.07, 6.45) is 0. The van der Waals surface area contributed by atoms with Crippen LogP contribution in [0, 0.1) is 18.3 Å². The van der Waals surface area contributed by atoms with Crippen molar-refractivity contribution in [3.8, 4) is 6.07 Å². The Morgan fingerprint density at radius 1 is 1.25 bits per heavy atom. The molecule has 0 bridgehead atoms. The molecule has 20 heavy (non-hydrogen) atoms. The van der Waals surface area contributed by atoms with E-state index in [9.17, 15) is 5.11 Å². The third kappa shape index (κ3) is 3.72. The molecule has 0 radical (unpaired) electrons. The maximum Gasteiger partial charge on any atom is 0.0994 e. The van der Waals surface area contributed by atoms with Crippen molar-refractivity contribution < 1.29 is 5.11 Å². The molecule has 108 valence electrons. The number of piperazine rings is 1. The highest BCUT2D eigenvalue weighted by Crippen LogP contribution is 2.20. The molecule has 1 heterocycles. The van der Waals surface area contributed by atoms with E-state index >= 15 is 0 Å². The third-order valence-corrected chi connectivity index (χ3v) is 3.68. The van der Waals surface area contributed by atoms with Gasteiger partial charge in [-0.3, -0.25) is 4.90 Å². The smallest absolute Gasteiger partial charge is 0.0994 e. The first kappa shape index (κ1) is 14.8. The van der Waals surface area contributed by atoms with Gasteiger partial charge in [0.2, 0.25) is 0 Å². The van der Waals surface area contributed by atoms with Crippen molar-refractivity contribution in [1.82, 2.24) is 4.90 Å². The molecule has 0 saturated carbocycles. The van der Waals surface area contributed by atoms with E-state index in [0.717, 1.165) is 37.3 Å². The first-order valence-electron chi connectivity index (χ1n) is 7.09. The highest BCUT2D eigenvalue weighted by Gasteiger charge is 2.22. The summed E-state index contributed by atoms with van der Waals surface area (Å²) in [6.45, 7) is 10.2. The Bertz CT molecular complexity index is 505. The third-order valence-electron chi connectivity index (χ3n) is 3.68. The monoisotopic (exact) mass is 273 g/mol. The second-order valence-corrected chi connectivity index (χ2v) is 6.19. The number of β-amino-alcohol motifs (C(OH)–C–C–N with tert-alkyl or cyclic N) is 1. The molecule has 0 atom stereocenters. The fraction of sp³-hybridized carbons (Fsp3) is 0.562. The number of nitriles is 1. The summed E-state index contributed by atoms with van der Waals surface area (Å²) in [4.78, 5) is 4.64. The van der Waals surface area contributed by atoms with E-state index in [2.05, 4.69) is 21.9 Å². The van der Waals surface area contributed by atoms with E-state index in [4.69, 9.17) is 5.26 Å². The molecular weight excluding hydrogens is 250 g/mol. The highest BCUT2D eigenvalue weighted by molar-refractivity contribution is 5.53. The predicted octanol–water partition coefficient (Wildman–Crippen LogP) is 1.76. The molecule has 1 N–H and O–H groups in total. The quantitative estimate of drug-likeness (QED) is 0.911. The van der Waals surface area contributed by atoms with Crippen LogP contribution in [0.1, 0.15) is 25.0 Å². The fourth-order valence-corrected chi connectivity index (χ4v) is 2.68. The zero-order valence-electron chi connectivity index (χ0n) is 12.6. The van der Waals surface area contributed by atoms with Gasteiger partial charge in [0.15, 0.2) is 0 Å². The SMILES string of the molecule is Cc1cc(N2CCN(CC(C)(C)O)CC2)ccc1C#N. The summed E-state index contributed by atoms with van der Waals surface area (Å²) < 4.78 is 0. The number of aryl methyl sites for hydroxylation is 1. The van der Waals surface area contributed by atoms with Crippen molar-refractivity contribution in [2.24, 2.45) is 0 Å². The Morgan fingerprint density at radius 3 is 2.40 bits per heavy atom. The number of rotatable bonds is 3. The second-order valence-electron chi connectivity index (χ2n) is 6.19. The molecule has 1 aliphatic rings. The normalized spacial score (nSPS) is 17.1. The minimum atomic E-state index is -0.632. The molecule has 1 fully saturated rings. The van der Waals surface area contributed by atoms with Gasteiger partial charge < -0.3 is 10.0 Å². The van der Waals surface area contributed by atoms with Gasteiger partial charge in [0.1, 0.15) is 0 Å². The van der Waals surface area contributed by atoms with Crippen molar-refractivity contribution >= 4 is 5.69 Å². The number of benzene rings is 1. The molecule has 0 spiro atoms. The van der Waals surface area contributed by atoms with Gasteiger partial charge in [0.25, 0.3) is 0 Å². The lowest BCUT2D eigenvalue weighted by molar-refractivity contribution is 0.0345. The minimum absolute atomic E-state index is 0.632. The van der Waals surface area contributed by atoms with Crippen LogP contribution in [0.3, 0.4) is 0 Å². The van der Waals surface area contributed by atoms with Crippen LogP contribution in [0.25, 0.3) is 0 Å². The van der Waals surface area contributed by atoms with E-state index in [-0.39, 0.29) is 0 Å². The topological polar surface area (TPSA) is 50.5 Å². The Labute approximate surface area is 121 Å². The van der Waals surface area contributed by atoms with Crippen LogP contribution < -0.4 is 4.90 Å². The lowest BCUT2D eigenvalue weighted by Gasteiger charge is -2.38. The lowest BCUT2D eigenvalue weighted by Crippen LogP contribution is -2.50. The Balaban J connectivity index is 1.97. The number of aliphatic hydroxyl groups is 1. The average Bonchev–Trinajstić information content (AvgIpc) is 2.37. The molecule has 1 aliphatic heterocycles. The molecule has 2 rings (SSSR count). The van der Waals surface area contributed by atoms with Crippen molar-refractivity contribution in [3.63, 3.8) is 0 Å². The lowest BCUT2D eigenvalue weighted by atomic mass is 10.1. The maximum atomic E-state index is 9.86. The Morgan fingerprint density at radius 2 is 1.90 bits per heavy atom. The van der Waals surface area contributed by atoms with Crippen LogP contribution >= 0.6 is 0 Å². The van der Waals surface area contributed by atoms with Gasteiger partial charge in [-0.25, -0.2) is 0 Å². The molecular formula is C16H23N3O. The van der Waals surface area contributed by atoms with Crippen LogP contribution in [0.2, 0.25) is 0 Å². The first-order chi connectivity index (χ1) is 9.39. The summed E-state index contributed by atoms with van der Waals surface area (Å²) in [6, 6.07) is 8.21. The molecule has 0 amide bonds. The van der Waals surface area contributed by atoms with Crippen LogP contribution in [0.5, 0.6) is 0 Å². The van der Waals surface area contributed by atoms with E-state index in [1.807, 2.05) is 32.9 Å². The molecule has 0 aliphatic carbocycles. The van der Waals surface area contributed by atoms with Crippen molar-refractivity contribution in [2.75, 3.05) is 37.6 Å². The van der Waals surface area contributed by atoms with Gasteiger partial charge in [-0.1, -0.05) is 0 Å². The zero-order valence-corrected chi connectivity index (χ0v) is 12.6. The minimum Gasteiger partial charge on any atom is -0.389 e. The molecule has 1 aromatic rings. The van der Waals surface area contributed by atoms with Crippen LogP contribution in [-0.4, -0.2) is 48.3 Å². The van der Waals surface area contributed by atoms with E-state index < -0.39 is 5.60 Å². The number of anilines is 1. The van der Waals surface area contributed by atoms with Gasteiger partial charge in [0, 0.05) is 38.4 Å². The summed E-state index contributed by atoms with van der Waals surface area (Å²) in [5.41, 5.74) is 2.33. The Kier molecular flexibility index (Phi) is 4.32. The van der Waals surface area contributed by atoms with E-state index in [1.165, 1.54) is 5.69 Å². The molecule has 4 nitrogen and oxygen atoms in total. The molecule has 0 unspecified atom stereocenters. The summed E-state index contributed by atoms with van der Waals surface area (Å²) in [7, 11) is 0. The average molecular weight is 273 g/mol. The van der Waals surface area contributed by atoms with Crippen molar-refractivity contribution in [3.05, 3.63) is 29.3 Å². The Hall–Kier alpha value is -1.57. The number of hydrogen-bond acceptors (Lipinski definition) is 4. The highest BCUT2D eigenvalue weighted by atomic mass is 16.3. The molecule has 1 aromatic carbocycles. The molecule has 1 saturated heterocycles. The van der Waals surface area contributed by atoms with Gasteiger partial charge in [-0.15, -0.1) is 0 Å². The fourth-order valence-electron chi connectivity index (χ4n) is 2.68. The van der Waals surface area contributed by atoms with Crippen LogP contribution in [0.4, 0.5) is 5.69 Å². The zero-order chi connectivity index (χ0) is 14.8. The van der Waals surface area contributed by atoms with Gasteiger partial charge in [0.05, 0.1) is 17.2 Å². The second kappa shape index (κ2) is 5.82. The summed E-state index contributed by atoms with van der Waals surface area (Å²) in [5.74, 6) is 0. The van der Waals surface area contributed by atoms with Gasteiger partial charge in [-0.2, -0.15) is 5.26 Å². The molecule has 4 heteroatoms. The van der Waals surface area contributed by atoms with Crippen molar-refractivity contribution in [1.29, 1.82) is 5.26 Å². The standard InChI is InChI=1S/C16H23N3O/c1-13-10-15(5-4-14(13)11-17)19-8-6-18(7-9-19)12-16(2,3)20/h4-5,10,20H,6-9,12H2,1-3H3. The summed E-state index contributed by atoms with van der Waals surface area (Å²) >= 11 is 0. The van der Waals surface area contributed by atoms with E-state index in [1.54, 1.807) is 0 Å². The number of hydrogen-bond donors (Lipinski definition) is 1. The van der Waals surface area contributed by atoms with Crippen molar-refractivity contribution in [2.45, 2.75) is 26.4 Å². The maximum absolute atomic E-state index is 9.86. The van der Waals surface area contributed by atoms with Gasteiger partial charge in [-0.05, 0) is 44.5 Å². The number of nitrogens with zero attached hydrogens (tertiary/aromatic N) is 3. The summed E-state index contributed by atoms with van der Waals surface area (Å²) in [5, 5.41) is 18.8. The van der Waals surface area contributed by atoms with Gasteiger partial charge >= 0.3 is 0 Å². The predicted molar refractivity (Wildman–Crippen MR) is 80.8 cm³/mol. The van der Waals surface area contributed by atoms with E-state index in [0.29, 0.717) is 6.54 Å². The molecule has 0 aromatic heterocycles. The van der Waals surface area contributed by atoms with Crippen LogP contribution in [0.15, 0.2) is 18.2 Å². The van der Waals surface area contributed by atoms with Crippen LogP contribution in [-0.2, 0) is 0 Å².